The Morgan fingerprint density at radius 3 is 2.41 bits per heavy atom. The van der Waals surface area contributed by atoms with Crippen LogP contribution in [0.3, 0.4) is 0 Å². The molecule has 0 aliphatic carbocycles. The van der Waals surface area contributed by atoms with Crippen LogP contribution < -0.4 is 4.74 Å². The molecule has 3 aromatic carbocycles. The number of rotatable bonds is 8. The molecule has 0 unspecified atom stereocenters. The first kappa shape index (κ1) is 22.3. The summed E-state index contributed by atoms with van der Waals surface area (Å²) >= 11 is 0. The number of hydrogen-bond donors (Lipinski definition) is 0. The molecule has 0 saturated carbocycles. The number of imidazole rings is 1. The standard InChI is InChI=1S/C28H28FN3O2/c29-23-12-10-22(11-13-23)27(33)19-31-16-14-21(15-17-31)18-32-26-9-5-4-8-25(26)30-28(32)20-34-24-6-2-1-3-7-24/h1-13,21H,14-20H2. The number of aromatic nitrogens is 2. The third-order valence-corrected chi connectivity index (χ3v) is 6.53. The summed E-state index contributed by atoms with van der Waals surface area (Å²) in [6.07, 6.45) is 2.03. The minimum absolute atomic E-state index is 0.0411. The summed E-state index contributed by atoms with van der Waals surface area (Å²) in [5.41, 5.74) is 2.68. The lowest BCUT2D eigenvalue weighted by atomic mass is 9.96. The van der Waals surface area contributed by atoms with Crippen LogP contribution in [0.5, 0.6) is 5.75 Å². The van der Waals surface area contributed by atoms with E-state index in [-0.39, 0.29) is 11.6 Å². The maximum Gasteiger partial charge on any atom is 0.176 e. The predicted molar refractivity (Wildman–Crippen MR) is 130 cm³/mol. The van der Waals surface area contributed by atoms with E-state index < -0.39 is 0 Å². The van der Waals surface area contributed by atoms with Crippen LogP contribution in [0, 0.1) is 11.7 Å². The third-order valence-electron chi connectivity index (χ3n) is 6.53. The van der Waals surface area contributed by atoms with Crippen molar-refractivity contribution in [3.63, 3.8) is 0 Å². The van der Waals surface area contributed by atoms with Crippen molar-refractivity contribution in [2.24, 2.45) is 5.92 Å². The Morgan fingerprint density at radius 2 is 1.65 bits per heavy atom. The Morgan fingerprint density at radius 1 is 0.941 bits per heavy atom. The number of Topliss-reactive ketones (excluding diaryl/α,β-unsaturated/α-hetero) is 1. The summed E-state index contributed by atoms with van der Waals surface area (Å²) in [6, 6.07) is 23.8. The minimum atomic E-state index is -0.321. The molecule has 1 fully saturated rings. The highest BCUT2D eigenvalue weighted by molar-refractivity contribution is 5.97. The van der Waals surface area contributed by atoms with E-state index in [1.807, 2.05) is 48.5 Å². The van der Waals surface area contributed by atoms with Crippen molar-refractivity contribution in [2.45, 2.75) is 26.0 Å². The number of fused-ring (bicyclic) bond motifs is 1. The van der Waals surface area contributed by atoms with Crippen LogP contribution in [-0.4, -0.2) is 39.9 Å². The molecular weight excluding hydrogens is 429 g/mol. The van der Waals surface area contributed by atoms with E-state index in [1.165, 1.54) is 12.1 Å². The summed E-state index contributed by atoms with van der Waals surface area (Å²) in [5, 5.41) is 0. The molecule has 1 saturated heterocycles. The summed E-state index contributed by atoms with van der Waals surface area (Å²) in [7, 11) is 0. The van der Waals surface area contributed by atoms with E-state index in [0.29, 0.717) is 24.6 Å². The predicted octanol–water partition coefficient (Wildman–Crippen LogP) is 5.35. The van der Waals surface area contributed by atoms with Crippen LogP contribution in [0.15, 0.2) is 78.9 Å². The van der Waals surface area contributed by atoms with Crippen molar-refractivity contribution in [3.05, 3.63) is 96.1 Å². The van der Waals surface area contributed by atoms with Crippen LogP contribution in [0.2, 0.25) is 0 Å². The number of piperidine rings is 1. The molecular formula is C28H28FN3O2. The lowest BCUT2D eigenvalue weighted by molar-refractivity contribution is 0.0890. The molecule has 1 aliphatic heterocycles. The van der Waals surface area contributed by atoms with Gasteiger partial charge in [0.25, 0.3) is 0 Å². The first-order valence-corrected chi connectivity index (χ1v) is 11.8. The molecule has 0 radical (unpaired) electrons. The van der Waals surface area contributed by atoms with Gasteiger partial charge in [-0.25, -0.2) is 9.37 Å². The highest BCUT2D eigenvalue weighted by atomic mass is 19.1. The number of hydrogen-bond acceptors (Lipinski definition) is 4. The Labute approximate surface area is 198 Å². The highest BCUT2D eigenvalue weighted by Crippen LogP contribution is 2.25. The number of nitrogens with zero attached hydrogens (tertiary/aromatic N) is 3. The van der Waals surface area contributed by atoms with E-state index in [9.17, 15) is 9.18 Å². The Hall–Kier alpha value is -3.51. The molecule has 1 aromatic heterocycles. The van der Waals surface area contributed by atoms with Gasteiger partial charge < -0.3 is 9.30 Å². The second kappa shape index (κ2) is 10.2. The van der Waals surface area contributed by atoms with E-state index in [0.717, 1.165) is 55.1 Å². The number of ether oxygens (including phenoxy) is 1. The number of ketones is 1. The normalized spacial score (nSPS) is 15.0. The van der Waals surface area contributed by atoms with Gasteiger partial charge in [0.1, 0.15) is 24.0 Å². The summed E-state index contributed by atoms with van der Waals surface area (Å²) in [4.78, 5) is 19.6. The van der Waals surface area contributed by atoms with Gasteiger partial charge in [0.2, 0.25) is 0 Å². The lowest BCUT2D eigenvalue weighted by Crippen LogP contribution is -2.38. The molecule has 6 heteroatoms. The first-order chi connectivity index (χ1) is 16.7. The maximum atomic E-state index is 13.1. The van der Waals surface area contributed by atoms with E-state index >= 15 is 0 Å². The molecule has 4 aromatic rings. The number of halogens is 1. The van der Waals surface area contributed by atoms with Crippen molar-refractivity contribution >= 4 is 16.8 Å². The molecule has 2 heterocycles. The average molecular weight is 458 g/mol. The quantitative estimate of drug-likeness (QED) is 0.335. The topological polar surface area (TPSA) is 47.4 Å². The number of carbonyl (C=O) groups excluding carboxylic acids is 1. The van der Waals surface area contributed by atoms with Gasteiger partial charge in [-0.15, -0.1) is 0 Å². The molecule has 174 valence electrons. The first-order valence-electron chi connectivity index (χ1n) is 11.8. The van der Waals surface area contributed by atoms with Crippen LogP contribution >= 0.6 is 0 Å². The molecule has 5 nitrogen and oxygen atoms in total. The Balaban J connectivity index is 1.22. The van der Waals surface area contributed by atoms with Crippen LogP contribution in [0.1, 0.15) is 29.0 Å². The van der Waals surface area contributed by atoms with Crippen molar-refractivity contribution < 1.29 is 13.9 Å². The summed E-state index contributed by atoms with van der Waals surface area (Å²) in [6.45, 7) is 3.43. The van der Waals surface area contributed by atoms with Gasteiger partial charge in [-0.3, -0.25) is 9.69 Å². The zero-order valence-electron chi connectivity index (χ0n) is 19.1. The zero-order valence-corrected chi connectivity index (χ0v) is 19.1. The highest BCUT2D eigenvalue weighted by Gasteiger charge is 2.23. The smallest absolute Gasteiger partial charge is 0.176 e. The van der Waals surface area contributed by atoms with Crippen LogP contribution in [-0.2, 0) is 13.2 Å². The molecule has 34 heavy (non-hydrogen) atoms. The van der Waals surface area contributed by atoms with Crippen molar-refractivity contribution in [2.75, 3.05) is 19.6 Å². The number of likely N-dealkylation sites (tertiary alicyclic amines) is 1. The minimum Gasteiger partial charge on any atom is -0.486 e. The van der Waals surface area contributed by atoms with E-state index in [1.54, 1.807) is 12.1 Å². The zero-order chi connectivity index (χ0) is 23.3. The number of carbonyl (C=O) groups is 1. The average Bonchev–Trinajstić information content (AvgIpc) is 3.22. The Bertz CT molecular complexity index is 1250. The molecule has 0 N–H and O–H groups in total. The van der Waals surface area contributed by atoms with Crippen LogP contribution in [0.4, 0.5) is 4.39 Å². The molecule has 0 spiro atoms. The fraction of sp³-hybridized carbons (Fsp3) is 0.286. The van der Waals surface area contributed by atoms with Crippen LogP contribution in [0.25, 0.3) is 11.0 Å². The SMILES string of the molecule is O=C(CN1CCC(Cn2c(COc3ccccc3)nc3ccccc32)CC1)c1ccc(F)cc1. The van der Waals surface area contributed by atoms with E-state index in [4.69, 9.17) is 9.72 Å². The maximum absolute atomic E-state index is 13.1. The number of para-hydroxylation sites is 3. The number of benzene rings is 3. The van der Waals surface area contributed by atoms with Gasteiger partial charge >= 0.3 is 0 Å². The summed E-state index contributed by atoms with van der Waals surface area (Å²) in [5.74, 6) is 1.99. The second-order valence-corrected chi connectivity index (χ2v) is 8.88. The van der Waals surface area contributed by atoms with Crippen molar-refractivity contribution in [1.29, 1.82) is 0 Å². The van der Waals surface area contributed by atoms with Gasteiger partial charge in [0, 0.05) is 12.1 Å². The molecule has 5 rings (SSSR count). The lowest BCUT2D eigenvalue weighted by Gasteiger charge is -2.32. The van der Waals surface area contributed by atoms with Crippen molar-refractivity contribution in [3.8, 4) is 5.75 Å². The Kier molecular flexibility index (Phi) is 6.67. The second-order valence-electron chi connectivity index (χ2n) is 8.88. The molecule has 0 amide bonds. The third kappa shape index (κ3) is 5.18. The van der Waals surface area contributed by atoms with Gasteiger partial charge in [-0.2, -0.15) is 0 Å². The van der Waals surface area contributed by atoms with E-state index in [2.05, 4.69) is 15.5 Å². The fourth-order valence-corrected chi connectivity index (χ4v) is 4.62. The summed E-state index contributed by atoms with van der Waals surface area (Å²) < 4.78 is 21.4. The monoisotopic (exact) mass is 457 g/mol. The van der Waals surface area contributed by atoms with Gasteiger partial charge in [-0.1, -0.05) is 30.3 Å². The van der Waals surface area contributed by atoms with Gasteiger partial charge in [-0.05, 0) is 80.4 Å². The largest absolute Gasteiger partial charge is 0.486 e. The molecule has 0 atom stereocenters. The van der Waals surface area contributed by atoms with Gasteiger partial charge in [0.15, 0.2) is 5.78 Å². The van der Waals surface area contributed by atoms with Gasteiger partial charge in [0.05, 0.1) is 17.6 Å². The molecule has 1 aliphatic rings. The molecule has 0 bridgehead atoms. The van der Waals surface area contributed by atoms with Crippen molar-refractivity contribution in [1.82, 2.24) is 14.5 Å². The fourth-order valence-electron chi connectivity index (χ4n) is 4.62.